The summed E-state index contributed by atoms with van der Waals surface area (Å²) in [6.07, 6.45) is 1.91. The summed E-state index contributed by atoms with van der Waals surface area (Å²) in [4.78, 5) is 4.56. The van der Waals surface area contributed by atoms with E-state index in [4.69, 9.17) is 9.47 Å². The van der Waals surface area contributed by atoms with Crippen LogP contribution in [0.15, 0.2) is 59.6 Å². The van der Waals surface area contributed by atoms with Gasteiger partial charge in [0.1, 0.15) is 11.8 Å². The van der Waals surface area contributed by atoms with Crippen molar-refractivity contribution in [1.82, 2.24) is 0 Å². The molecule has 2 rings (SSSR count). The zero-order valence-electron chi connectivity index (χ0n) is 12.8. The van der Waals surface area contributed by atoms with Gasteiger partial charge in [-0.05, 0) is 24.1 Å². The molecule has 0 aliphatic carbocycles. The quantitative estimate of drug-likeness (QED) is 0.631. The van der Waals surface area contributed by atoms with Crippen LogP contribution in [0.2, 0.25) is 0 Å². The molecular weight excluding hydrogens is 278 g/mol. The number of phenolic OH excluding ortho intramolecular Hbond substituents is 1. The zero-order valence-corrected chi connectivity index (χ0v) is 12.8. The minimum atomic E-state index is -0.442. The van der Waals surface area contributed by atoms with E-state index in [-0.39, 0.29) is 11.8 Å². The Balaban J connectivity index is 2.19. The monoisotopic (exact) mass is 299 g/mol. The number of phenols is 1. The highest BCUT2D eigenvalue weighted by atomic mass is 16.7. The van der Waals surface area contributed by atoms with E-state index in [9.17, 15) is 5.11 Å². The Bertz CT molecular complexity index is 594. The number of methoxy groups -OCH3 is 2. The van der Waals surface area contributed by atoms with Crippen LogP contribution in [-0.2, 0) is 15.9 Å². The summed E-state index contributed by atoms with van der Waals surface area (Å²) >= 11 is 0. The Kier molecular flexibility index (Phi) is 6.13. The van der Waals surface area contributed by atoms with Crippen molar-refractivity contribution in [2.45, 2.75) is 18.8 Å². The van der Waals surface area contributed by atoms with Gasteiger partial charge in [0, 0.05) is 26.0 Å². The summed E-state index contributed by atoms with van der Waals surface area (Å²) in [5, 5.41) is 9.81. The highest BCUT2D eigenvalue weighted by molar-refractivity contribution is 5.83. The third-order valence-corrected chi connectivity index (χ3v) is 3.41. The fourth-order valence-corrected chi connectivity index (χ4v) is 2.26. The van der Waals surface area contributed by atoms with Crippen molar-refractivity contribution < 1.29 is 14.6 Å². The fourth-order valence-electron chi connectivity index (χ4n) is 2.26. The van der Waals surface area contributed by atoms with Gasteiger partial charge in [0.25, 0.3) is 0 Å². The molecule has 0 aromatic heterocycles. The van der Waals surface area contributed by atoms with E-state index in [1.807, 2.05) is 42.5 Å². The maximum Gasteiger partial charge on any atom is 0.179 e. The number of nitrogens with zero attached hydrogens (tertiary/aromatic N) is 1. The smallest absolute Gasteiger partial charge is 0.179 e. The van der Waals surface area contributed by atoms with Crippen LogP contribution >= 0.6 is 0 Å². The van der Waals surface area contributed by atoms with Gasteiger partial charge in [-0.2, -0.15) is 0 Å². The molecule has 0 saturated carbocycles. The molecule has 1 N–H and O–H groups in total. The van der Waals surface area contributed by atoms with E-state index >= 15 is 0 Å². The third-order valence-electron chi connectivity index (χ3n) is 3.41. The SMILES string of the molecule is COC(OC)C(Cc1ccccc1)/N=C/c1ccccc1O. The molecule has 0 heterocycles. The van der Waals surface area contributed by atoms with Crippen LogP contribution in [0, 0.1) is 0 Å². The molecule has 2 aromatic rings. The van der Waals surface area contributed by atoms with Crippen LogP contribution in [0.5, 0.6) is 5.75 Å². The highest BCUT2D eigenvalue weighted by Crippen LogP contribution is 2.16. The second kappa shape index (κ2) is 8.32. The summed E-state index contributed by atoms with van der Waals surface area (Å²) in [6, 6.07) is 17.0. The molecule has 2 aromatic carbocycles. The van der Waals surface area contributed by atoms with Crippen molar-refractivity contribution in [2.24, 2.45) is 4.99 Å². The first-order valence-corrected chi connectivity index (χ1v) is 7.15. The van der Waals surface area contributed by atoms with Crippen molar-refractivity contribution in [2.75, 3.05) is 14.2 Å². The van der Waals surface area contributed by atoms with Gasteiger partial charge in [0.05, 0.1) is 0 Å². The van der Waals surface area contributed by atoms with Gasteiger partial charge in [0.15, 0.2) is 6.29 Å². The summed E-state index contributed by atoms with van der Waals surface area (Å²) in [6.45, 7) is 0. The average Bonchev–Trinajstić information content (AvgIpc) is 2.56. The number of hydrogen-bond acceptors (Lipinski definition) is 4. The van der Waals surface area contributed by atoms with E-state index in [0.717, 1.165) is 5.56 Å². The first-order valence-electron chi connectivity index (χ1n) is 7.15. The second-order valence-electron chi connectivity index (χ2n) is 4.93. The third kappa shape index (κ3) is 4.41. The second-order valence-corrected chi connectivity index (χ2v) is 4.93. The Hall–Kier alpha value is -2.17. The molecule has 0 fully saturated rings. The zero-order chi connectivity index (χ0) is 15.8. The van der Waals surface area contributed by atoms with Gasteiger partial charge in [-0.3, -0.25) is 4.99 Å². The summed E-state index contributed by atoms with van der Waals surface area (Å²) in [7, 11) is 3.20. The Morgan fingerprint density at radius 2 is 1.64 bits per heavy atom. The van der Waals surface area contributed by atoms with Crippen molar-refractivity contribution in [1.29, 1.82) is 0 Å². The number of hydrogen-bond donors (Lipinski definition) is 1. The maximum atomic E-state index is 9.81. The standard InChI is InChI=1S/C18H21NO3/c1-21-18(22-2)16(12-14-8-4-3-5-9-14)19-13-15-10-6-7-11-17(15)20/h3-11,13,16,18,20H,12H2,1-2H3/b19-13+. The average molecular weight is 299 g/mol. The molecule has 116 valence electrons. The lowest BCUT2D eigenvalue weighted by Gasteiger charge is -2.21. The predicted molar refractivity (Wildman–Crippen MR) is 87.4 cm³/mol. The van der Waals surface area contributed by atoms with Gasteiger partial charge >= 0.3 is 0 Å². The number of rotatable bonds is 7. The lowest BCUT2D eigenvalue weighted by Crippen LogP contribution is -2.30. The van der Waals surface area contributed by atoms with E-state index in [1.54, 1.807) is 32.6 Å². The Morgan fingerprint density at radius 3 is 2.27 bits per heavy atom. The maximum absolute atomic E-state index is 9.81. The molecular formula is C18H21NO3. The summed E-state index contributed by atoms with van der Waals surface area (Å²) in [5.74, 6) is 0.205. The van der Waals surface area contributed by atoms with Gasteiger partial charge in [0.2, 0.25) is 0 Å². The van der Waals surface area contributed by atoms with E-state index in [0.29, 0.717) is 12.0 Å². The van der Waals surface area contributed by atoms with Crippen LogP contribution in [0.4, 0.5) is 0 Å². The largest absolute Gasteiger partial charge is 0.507 e. The molecule has 0 radical (unpaired) electrons. The van der Waals surface area contributed by atoms with E-state index in [2.05, 4.69) is 4.99 Å². The minimum absolute atomic E-state index is 0.197. The lowest BCUT2D eigenvalue weighted by atomic mass is 10.1. The molecule has 0 aliphatic rings. The van der Waals surface area contributed by atoms with Crippen molar-refractivity contribution in [3.8, 4) is 5.75 Å². The van der Waals surface area contributed by atoms with Crippen LogP contribution in [0.3, 0.4) is 0 Å². The van der Waals surface area contributed by atoms with Gasteiger partial charge in [-0.25, -0.2) is 0 Å². The first kappa shape index (κ1) is 16.2. The number of aromatic hydroxyl groups is 1. The van der Waals surface area contributed by atoms with Gasteiger partial charge in [-0.1, -0.05) is 42.5 Å². The lowest BCUT2D eigenvalue weighted by molar-refractivity contribution is -0.115. The van der Waals surface area contributed by atoms with Crippen molar-refractivity contribution >= 4 is 6.21 Å². The molecule has 4 heteroatoms. The van der Waals surface area contributed by atoms with Crippen LogP contribution in [0.1, 0.15) is 11.1 Å². The number of benzene rings is 2. The van der Waals surface area contributed by atoms with Crippen molar-refractivity contribution in [3.05, 3.63) is 65.7 Å². The number of para-hydroxylation sites is 1. The van der Waals surface area contributed by atoms with Crippen molar-refractivity contribution in [3.63, 3.8) is 0 Å². The molecule has 0 saturated heterocycles. The molecule has 22 heavy (non-hydrogen) atoms. The van der Waals surface area contributed by atoms with Crippen LogP contribution in [-0.4, -0.2) is 37.9 Å². The van der Waals surface area contributed by atoms with E-state index < -0.39 is 6.29 Å². The topological polar surface area (TPSA) is 51.0 Å². The molecule has 0 bridgehead atoms. The Labute approximate surface area is 131 Å². The molecule has 0 spiro atoms. The normalized spacial score (nSPS) is 12.9. The minimum Gasteiger partial charge on any atom is -0.507 e. The first-order chi connectivity index (χ1) is 10.7. The van der Waals surface area contributed by atoms with Crippen LogP contribution in [0.25, 0.3) is 0 Å². The number of aliphatic imine (C=N–C) groups is 1. The molecule has 0 amide bonds. The highest BCUT2D eigenvalue weighted by Gasteiger charge is 2.20. The molecule has 0 aliphatic heterocycles. The Morgan fingerprint density at radius 1 is 1.00 bits per heavy atom. The van der Waals surface area contributed by atoms with Gasteiger partial charge in [-0.15, -0.1) is 0 Å². The number of ether oxygens (including phenoxy) is 2. The summed E-state index contributed by atoms with van der Waals surface area (Å²) in [5.41, 5.74) is 1.83. The predicted octanol–water partition coefficient (Wildman–Crippen LogP) is 3.04. The molecule has 1 atom stereocenters. The van der Waals surface area contributed by atoms with Gasteiger partial charge < -0.3 is 14.6 Å². The molecule has 4 nitrogen and oxygen atoms in total. The summed E-state index contributed by atoms with van der Waals surface area (Å²) < 4.78 is 10.7. The van der Waals surface area contributed by atoms with E-state index in [1.165, 1.54) is 0 Å². The van der Waals surface area contributed by atoms with Crippen LogP contribution < -0.4 is 0 Å². The fraction of sp³-hybridized carbons (Fsp3) is 0.278. The molecule has 1 unspecified atom stereocenters.